The molecule has 8 heteroatoms. The zero-order valence-corrected chi connectivity index (χ0v) is 13.0. The maximum Gasteiger partial charge on any atom is 0.315 e. The number of aliphatic hydroxyl groups is 1. The Morgan fingerprint density at radius 3 is 2.16 bits per heavy atom. The van der Waals surface area contributed by atoms with Gasteiger partial charge in [-0.1, -0.05) is 0 Å². The zero-order valence-electron chi connectivity index (χ0n) is 11.9. The van der Waals surface area contributed by atoms with Crippen molar-refractivity contribution in [3.63, 3.8) is 0 Å². The SMILES string of the molecule is COC(OC)(OC)C(C)(O)C1([SiH]=NO)CCCCO1. The highest BCUT2D eigenvalue weighted by Gasteiger charge is 2.63. The first kappa shape index (κ1) is 16.7. The second-order valence-corrected chi connectivity index (χ2v) is 6.10. The molecule has 2 N–H and O–H groups in total. The molecule has 0 aromatic rings. The van der Waals surface area contributed by atoms with Gasteiger partial charge in [0.25, 0.3) is 0 Å². The molecule has 1 aliphatic rings. The summed E-state index contributed by atoms with van der Waals surface area (Å²) in [7, 11) is 3.22. The third kappa shape index (κ3) is 2.60. The van der Waals surface area contributed by atoms with Gasteiger partial charge in [-0.2, -0.15) is 4.80 Å². The Balaban J connectivity index is 3.24. The van der Waals surface area contributed by atoms with Crippen LogP contribution in [0.4, 0.5) is 0 Å². The Labute approximate surface area is 115 Å². The zero-order chi connectivity index (χ0) is 14.6. The summed E-state index contributed by atoms with van der Waals surface area (Å²) in [6.45, 7) is 2.01. The lowest BCUT2D eigenvalue weighted by Crippen LogP contribution is -2.71. The van der Waals surface area contributed by atoms with Gasteiger partial charge in [-0.15, -0.1) is 0 Å². The van der Waals surface area contributed by atoms with Crippen LogP contribution < -0.4 is 0 Å². The van der Waals surface area contributed by atoms with Crippen molar-refractivity contribution in [3.8, 4) is 0 Å². The molecule has 1 aliphatic heterocycles. The maximum atomic E-state index is 11.0. The van der Waals surface area contributed by atoms with E-state index in [1.165, 1.54) is 28.3 Å². The van der Waals surface area contributed by atoms with Crippen molar-refractivity contribution in [2.24, 2.45) is 4.80 Å². The number of ether oxygens (including phenoxy) is 4. The predicted octanol–water partition coefficient (Wildman–Crippen LogP) is 0.236. The van der Waals surface area contributed by atoms with Crippen molar-refractivity contribution >= 4 is 9.31 Å². The summed E-state index contributed by atoms with van der Waals surface area (Å²) < 4.78 is 21.5. The molecule has 2 atom stereocenters. The van der Waals surface area contributed by atoms with Crippen LogP contribution in [0.15, 0.2) is 4.80 Å². The second-order valence-electron chi connectivity index (χ2n) is 4.68. The largest absolute Gasteiger partial charge is 0.421 e. The quantitative estimate of drug-likeness (QED) is 0.414. The number of nitrogens with zero attached hydrogens (tertiary/aromatic N) is 1. The van der Waals surface area contributed by atoms with E-state index in [0.717, 1.165) is 12.8 Å². The van der Waals surface area contributed by atoms with Gasteiger partial charge in [-0.05, 0) is 26.2 Å². The molecule has 7 nitrogen and oxygen atoms in total. The normalized spacial score (nSPS) is 28.5. The predicted molar refractivity (Wildman–Crippen MR) is 68.3 cm³/mol. The molecule has 0 aromatic heterocycles. The Bertz CT molecular complexity index is 304. The first-order valence-corrected chi connectivity index (χ1v) is 7.25. The minimum atomic E-state index is -1.68. The van der Waals surface area contributed by atoms with Gasteiger partial charge in [0.05, 0.1) is 0 Å². The van der Waals surface area contributed by atoms with Crippen molar-refractivity contribution in [2.45, 2.75) is 43.0 Å². The minimum Gasteiger partial charge on any atom is -0.421 e. The molecule has 1 fully saturated rings. The molecule has 0 amide bonds. The van der Waals surface area contributed by atoms with Crippen molar-refractivity contribution in [3.05, 3.63) is 0 Å². The van der Waals surface area contributed by atoms with E-state index >= 15 is 0 Å². The lowest BCUT2D eigenvalue weighted by atomic mass is 9.89. The van der Waals surface area contributed by atoms with Gasteiger partial charge in [0.2, 0.25) is 9.31 Å². The third-order valence-electron chi connectivity index (χ3n) is 3.79. The summed E-state index contributed by atoms with van der Waals surface area (Å²) in [6, 6.07) is 0. The summed E-state index contributed by atoms with van der Waals surface area (Å²) in [6.07, 6.45) is 2.33. The van der Waals surface area contributed by atoms with Crippen molar-refractivity contribution in [1.29, 1.82) is 0 Å². The number of methoxy groups -OCH3 is 3. The van der Waals surface area contributed by atoms with Crippen LogP contribution in [0, 0.1) is 0 Å². The highest BCUT2D eigenvalue weighted by molar-refractivity contribution is 6.27. The molecule has 1 heterocycles. The number of hydrogen-bond acceptors (Lipinski definition) is 7. The summed E-state index contributed by atoms with van der Waals surface area (Å²) >= 11 is 0. The van der Waals surface area contributed by atoms with Gasteiger partial charge >= 0.3 is 5.97 Å². The average molecular weight is 293 g/mol. The monoisotopic (exact) mass is 293 g/mol. The van der Waals surface area contributed by atoms with E-state index in [-0.39, 0.29) is 0 Å². The molecule has 0 radical (unpaired) electrons. The van der Waals surface area contributed by atoms with Crippen molar-refractivity contribution < 1.29 is 29.3 Å². The second kappa shape index (κ2) is 6.38. The van der Waals surface area contributed by atoms with E-state index in [0.29, 0.717) is 13.0 Å². The van der Waals surface area contributed by atoms with Crippen LogP contribution in [0.3, 0.4) is 0 Å². The molecule has 1 saturated heterocycles. The molecule has 0 aromatic carbocycles. The first-order chi connectivity index (χ1) is 8.95. The summed E-state index contributed by atoms with van der Waals surface area (Å²) in [5.74, 6) is -1.68. The fraction of sp³-hybridized carbons (Fsp3) is 1.00. The van der Waals surface area contributed by atoms with Crippen LogP contribution >= 0.6 is 0 Å². The molecule has 19 heavy (non-hydrogen) atoms. The Morgan fingerprint density at radius 2 is 1.79 bits per heavy atom. The molecular weight excluding hydrogens is 270 g/mol. The minimum absolute atomic E-state index is 0.492. The number of hydrogen-bond donors (Lipinski definition) is 2. The fourth-order valence-electron chi connectivity index (χ4n) is 2.63. The van der Waals surface area contributed by atoms with Gasteiger partial charge in [0.15, 0.2) is 5.60 Å². The van der Waals surface area contributed by atoms with E-state index in [2.05, 4.69) is 4.80 Å². The molecule has 0 aliphatic carbocycles. The summed E-state index contributed by atoms with van der Waals surface area (Å²) in [4.78, 5) is 3.25. The Hall–Kier alpha value is -0.383. The molecule has 0 bridgehead atoms. The number of rotatable bonds is 6. The Morgan fingerprint density at radius 1 is 1.21 bits per heavy atom. The van der Waals surface area contributed by atoms with Crippen LogP contribution in [0.1, 0.15) is 26.2 Å². The van der Waals surface area contributed by atoms with Crippen molar-refractivity contribution in [2.75, 3.05) is 27.9 Å². The van der Waals surface area contributed by atoms with Crippen LogP contribution in [0.25, 0.3) is 0 Å². The lowest BCUT2D eigenvalue weighted by Gasteiger charge is -2.51. The standard InChI is InChI=1S/C11H23NO6Si/c1-9(13,11(15-2,16-3)17-4)10(19-12-14)7-5-6-8-18-10/h13-14,19H,5-8H2,1-4H3. The van der Waals surface area contributed by atoms with Crippen molar-refractivity contribution in [1.82, 2.24) is 0 Å². The Kier molecular flexibility index (Phi) is 5.60. The lowest BCUT2D eigenvalue weighted by molar-refractivity contribution is -0.436. The molecule has 0 saturated carbocycles. The van der Waals surface area contributed by atoms with Gasteiger partial charge in [-0.3, -0.25) is 0 Å². The van der Waals surface area contributed by atoms with E-state index in [4.69, 9.17) is 24.2 Å². The van der Waals surface area contributed by atoms with E-state index in [1.54, 1.807) is 0 Å². The smallest absolute Gasteiger partial charge is 0.315 e. The first-order valence-electron chi connectivity index (χ1n) is 6.15. The topological polar surface area (TPSA) is 89.7 Å². The highest BCUT2D eigenvalue weighted by atomic mass is 28.2. The van der Waals surface area contributed by atoms with Crippen LogP contribution in [0.2, 0.25) is 0 Å². The van der Waals surface area contributed by atoms with E-state index in [9.17, 15) is 5.11 Å². The van der Waals surface area contributed by atoms with E-state index < -0.39 is 26.1 Å². The fourth-order valence-corrected chi connectivity index (χ4v) is 3.77. The van der Waals surface area contributed by atoms with Crippen LogP contribution in [-0.2, 0) is 18.9 Å². The third-order valence-corrected chi connectivity index (χ3v) is 5.34. The molecule has 0 spiro atoms. The van der Waals surface area contributed by atoms with Gasteiger partial charge in [0, 0.05) is 27.9 Å². The van der Waals surface area contributed by atoms with Gasteiger partial charge in [-0.25, -0.2) is 0 Å². The summed E-state index contributed by atoms with van der Waals surface area (Å²) in [5.41, 5.74) is -1.62. The highest BCUT2D eigenvalue weighted by Crippen LogP contribution is 2.42. The summed E-state index contributed by atoms with van der Waals surface area (Å²) in [5, 5.41) is 18.9. The average Bonchev–Trinajstić information content (AvgIpc) is 2.42. The maximum absolute atomic E-state index is 11.0. The van der Waals surface area contributed by atoms with Gasteiger partial charge < -0.3 is 29.3 Å². The molecular formula is C11H23NO6Si. The molecule has 112 valence electrons. The van der Waals surface area contributed by atoms with Crippen LogP contribution in [0.5, 0.6) is 0 Å². The van der Waals surface area contributed by atoms with Crippen LogP contribution in [-0.4, -0.2) is 64.4 Å². The van der Waals surface area contributed by atoms with E-state index in [1.807, 2.05) is 0 Å². The van der Waals surface area contributed by atoms with Gasteiger partial charge in [0.1, 0.15) is 5.22 Å². The molecule has 2 unspecified atom stereocenters. The molecule has 1 rings (SSSR count).